The predicted molar refractivity (Wildman–Crippen MR) is 109 cm³/mol. The fourth-order valence-corrected chi connectivity index (χ4v) is 4.22. The number of sulfone groups is 2. The molecule has 0 aliphatic heterocycles. The van der Waals surface area contributed by atoms with E-state index in [9.17, 15) is 16.8 Å². The standard InChI is InChI=1S/C9H11ClO2S.C8H10ClNO2S/c1-7-3-4-9(10)8(5-7)6-13(2,11)12;1-13(11,12)5-6-4-7(10)2-3-8(6)9/h3-5H,6H2,1-2H3;2-4H,5,10H2,1H3. The van der Waals surface area contributed by atoms with Gasteiger partial charge in [-0.25, -0.2) is 16.8 Å². The van der Waals surface area contributed by atoms with E-state index in [0.717, 1.165) is 11.8 Å². The number of nitrogen functional groups attached to an aromatic ring is 1. The highest BCUT2D eigenvalue weighted by atomic mass is 35.5. The van der Waals surface area contributed by atoms with Crippen molar-refractivity contribution < 1.29 is 16.8 Å². The summed E-state index contributed by atoms with van der Waals surface area (Å²) in [4.78, 5) is 0. The Labute approximate surface area is 165 Å². The van der Waals surface area contributed by atoms with Gasteiger partial charge in [-0.15, -0.1) is 0 Å². The average molecular weight is 438 g/mol. The summed E-state index contributed by atoms with van der Waals surface area (Å²) >= 11 is 11.6. The van der Waals surface area contributed by atoms with Crippen molar-refractivity contribution in [3.8, 4) is 0 Å². The molecule has 0 bridgehead atoms. The summed E-state index contributed by atoms with van der Waals surface area (Å²) in [5, 5.41) is 0.940. The first-order valence-corrected chi connectivity index (χ1v) is 12.3. The van der Waals surface area contributed by atoms with Crippen LogP contribution in [0.5, 0.6) is 0 Å². The van der Waals surface area contributed by atoms with Crippen LogP contribution in [0.3, 0.4) is 0 Å². The highest BCUT2D eigenvalue weighted by Crippen LogP contribution is 2.21. The molecule has 2 aromatic carbocycles. The second-order valence-electron chi connectivity index (χ2n) is 6.09. The molecule has 0 atom stereocenters. The van der Waals surface area contributed by atoms with Crippen LogP contribution in [0.4, 0.5) is 5.69 Å². The summed E-state index contributed by atoms with van der Waals surface area (Å²) < 4.78 is 43.9. The largest absolute Gasteiger partial charge is 0.399 e. The molecule has 144 valence electrons. The number of rotatable bonds is 4. The van der Waals surface area contributed by atoms with Crippen LogP contribution in [-0.4, -0.2) is 29.3 Å². The Morgan fingerprint density at radius 2 is 1.23 bits per heavy atom. The molecular weight excluding hydrogens is 417 g/mol. The van der Waals surface area contributed by atoms with Crippen molar-refractivity contribution in [3.05, 3.63) is 63.1 Å². The zero-order chi connectivity index (χ0) is 20.1. The molecule has 0 aliphatic carbocycles. The van der Waals surface area contributed by atoms with Gasteiger partial charge in [-0.3, -0.25) is 0 Å². The zero-order valence-electron chi connectivity index (χ0n) is 14.7. The molecule has 0 aliphatic rings. The Morgan fingerprint density at radius 1 is 0.808 bits per heavy atom. The molecule has 2 N–H and O–H groups in total. The van der Waals surface area contributed by atoms with Crippen LogP contribution in [0, 0.1) is 6.92 Å². The molecule has 2 aromatic rings. The number of hydrogen-bond acceptors (Lipinski definition) is 5. The van der Waals surface area contributed by atoms with Crippen LogP contribution in [0.1, 0.15) is 16.7 Å². The van der Waals surface area contributed by atoms with Crippen LogP contribution in [-0.2, 0) is 31.2 Å². The molecule has 0 spiro atoms. The lowest BCUT2D eigenvalue weighted by atomic mass is 10.2. The van der Waals surface area contributed by atoms with Gasteiger partial charge in [-0.05, 0) is 42.3 Å². The van der Waals surface area contributed by atoms with Gasteiger partial charge >= 0.3 is 0 Å². The average Bonchev–Trinajstić information content (AvgIpc) is 2.44. The lowest BCUT2D eigenvalue weighted by molar-refractivity contribution is 0.599. The maximum absolute atomic E-state index is 11.0. The molecule has 5 nitrogen and oxygen atoms in total. The van der Waals surface area contributed by atoms with Gasteiger partial charge in [0.2, 0.25) is 0 Å². The Kier molecular flexibility index (Phi) is 7.95. The van der Waals surface area contributed by atoms with Crippen LogP contribution in [0.2, 0.25) is 10.0 Å². The van der Waals surface area contributed by atoms with Crippen LogP contribution < -0.4 is 5.73 Å². The van der Waals surface area contributed by atoms with Gasteiger partial charge in [0.1, 0.15) is 0 Å². The molecule has 0 saturated heterocycles. The normalized spacial score (nSPS) is 11.6. The number of halogens is 2. The lowest BCUT2D eigenvalue weighted by Crippen LogP contribution is -2.01. The van der Waals surface area contributed by atoms with Gasteiger partial charge in [0, 0.05) is 28.2 Å². The van der Waals surface area contributed by atoms with Crippen LogP contribution in [0.25, 0.3) is 0 Å². The zero-order valence-corrected chi connectivity index (χ0v) is 17.8. The van der Waals surface area contributed by atoms with Crippen molar-refractivity contribution in [1.82, 2.24) is 0 Å². The Balaban J connectivity index is 0.000000260. The van der Waals surface area contributed by atoms with Crippen molar-refractivity contribution in [2.45, 2.75) is 18.4 Å². The molecule has 0 fully saturated rings. The second kappa shape index (κ2) is 9.08. The first-order chi connectivity index (χ1) is 11.8. The minimum atomic E-state index is -3.06. The SMILES string of the molecule is CS(=O)(=O)Cc1cc(N)ccc1Cl.Cc1ccc(Cl)c(CS(C)(=O)=O)c1. The van der Waals surface area contributed by atoms with E-state index >= 15 is 0 Å². The minimum Gasteiger partial charge on any atom is -0.399 e. The van der Waals surface area contributed by atoms with Crippen molar-refractivity contribution in [2.75, 3.05) is 18.2 Å². The molecule has 2 rings (SSSR count). The predicted octanol–water partition coefficient (Wildman–Crippen LogP) is 3.66. The highest BCUT2D eigenvalue weighted by molar-refractivity contribution is 7.90. The third-order valence-electron chi connectivity index (χ3n) is 3.11. The number of nitrogens with two attached hydrogens (primary N) is 1. The van der Waals surface area contributed by atoms with Crippen molar-refractivity contribution in [1.29, 1.82) is 0 Å². The van der Waals surface area contributed by atoms with E-state index < -0.39 is 19.7 Å². The van der Waals surface area contributed by atoms with Gasteiger partial charge in [-0.1, -0.05) is 40.9 Å². The second-order valence-corrected chi connectivity index (χ2v) is 11.2. The molecule has 26 heavy (non-hydrogen) atoms. The fourth-order valence-electron chi connectivity index (χ4n) is 2.08. The van der Waals surface area contributed by atoms with Crippen molar-refractivity contribution >= 4 is 48.6 Å². The summed E-state index contributed by atoms with van der Waals surface area (Å²) in [5.41, 5.74) is 8.24. The summed E-state index contributed by atoms with van der Waals surface area (Å²) in [5.74, 6) is -0.0651. The summed E-state index contributed by atoms with van der Waals surface area (Å²) in [6.45, 7) is 1.90. The number of benzene rings is 2. The Hall–Kier alpha value is -1.28. The number of anilines is 1. The van der Waals surface area contributed by atoms with Crippen LogP contribution in [0.15, 0.2) is 36.4 Å². The lowest BCUT2D eigenvalue weighted by Gasteiger charge is -2.03. The fraction of sp³-hybridized carbons (Fsp3) is 0.294. The Morgan fingerprint density at radius 3 is 1.69 bits per heavy atom. The molecule has 0 radical (unpaired) electrons. The molecule has 0 unspecified atom stereocenters. The first-order valence-electron chi connectivity index (χ1n) is 7.41. The summed E-state index contributed by atoms with van der Waals surface area (Å²) in [6.07, 6.45) is 2.36. The molecular formula is C17H21Cl2NO4S2. The quantitative estimate of drug-likeness (QED) is 0.736. The number of aryl methyl sites for hydroxylation is 1. The molecule has 9 heteroatoms. The summed E-state index contributed by atoms with van der Waals surface area (Å²) in [6, 6.07) is 10.2. The van der Waals surface area contributed by atoms with Crippen molar-refractivity contribution in [2.24, 2.45) is 0 Å². The third kappa shape index (κ3) is 8.89. The maximum atomic E-state index is 11.0. The van der Waals surface area contributed by atoms with E-state index in [1.807, 2.05) is 13.0 Å². The maximum Gasteiger partial charge on any atom is 0.151 e. The van der Waals surface area contributed by atoms with E-state index in [0.29, 0.717) is 26.9 Å². The first kappa shape index (κ1) is 22.8. The minimum absolute atomic E-state index is 0.00745. The topological polar surface area (TPSA) is 94.3 Å². The molecule has 0 aromatic heterocycles. The number of hydrogen-bond donors (Lipinski definition) is 1. The highest BCUT2D eigenvalue weighted by Gasteiger charge is 2.09. The monoisotopic (exact) mass is 437 g/mol. The molecule has 0 heterocycles. The smallest absolute Gasteiger partial charge is 0.151 e. The van der Waals surface area contributed by atoms with Gasteiger partial charge in [0.05, 0.1) is 11.5 Å². The van der Waals surface area contributed by atoms with Gasteiger partial charge in [0.25, 0.3) is 0 Å². The van der Waals surface area contributed by atoms with E-state index in [1.54, 1.807) is 30.3 Å². The van der Waals surface area contributed by atoms with E-state index in [-0.39, 0.29) is 11.5 Å². The van der Waals surface area contributed by atoms with E-state index in [2.05, 4.69) is 0 Å². The third-order valence-corrected chi connectivity index (χ3v) is 5.51. The van der Waals surface area contributed by atoms with Crippen molar-refractivity contribution in [3.63, 3.8) is 0 Å². The van der Waals surface area contributed by atoms with Gasteiger partial charge < -0.3 is 5.73 Å². The van der Waals surface area contributed by atoms with Gasteiger partial charge in [-0.2, -0.15) is 0 Å². The summed E-state index contributed by atoms with van der Waals surface area (Å²) in [7, 11) is -6.06. The van der Waals surface area contributed by atoms with E-state index in [4.69, 9.17) is 28.9 Å². The molecule has 0 amide bonds. The van der Waals surface area contributed by atoms with Crippen LogP contribution >= 0.6 is 23.2 Å². The van der Waals surface area contributed by atoms with E-state index in [1.165, 1.54) is 6.26 Å². The van der Waals surface area contributed by atoms with Gasteiger partial charge in [0.15, 0.2) is 19.7 Å². The Bertz CT molecular complexity index is 906. The molecule has 0 saturated carbocycles.